The SMILES string of the molecule is CN1CCC(=NNc2c([N+](=O)[O-])cc(C(F)(F)F)cc2[N+](=O)[O-])CC1. The number of likely N-dealkylation sites (tertiary alicyclic amines) is 1. The second kappa shape index (κ2) is 7.01. The minimum absolute atomic E-state index is 0.254. The van der Waals surface area contributed by atoms with E-state index in [9.17, 15) is 33.4 Å². The van der Waals surface area contributed by atoms with Gasteiger partial charge >= 0.3 is 17.6 Å². The molecule has 12 heteroatoms. The van der Waals surface area contributed by atoms with Gasteiger partial charge in [0.25, 0.3) is 0 Å². The van der Waals surface area contributed by atoms with Crippen LogP contribution in [0.2, 0.25) is 0 Å². The number of piperidine rings is 1. The summed E-state index contributed by atoms with van der Waals surface area (Å²) in [5.74, 6) is 0. The first-order chi connectivity index (χ1) is 11.6. The lowest BCUT2D eigenvalue weighted by Crippen LogP contribution is -2.30. The molecular formula is C13H14F3N5O4. The molecule has 0 aromatic heterocycles. The standard InChI is InChI=1S/C13H14F3N5O4/c1-19-4-2-9(3-5-19)17-18-12-10(20(22)23)6-8(13(14,15)16)7-11(12)21(24)25/h6-7,18H,2-5H2,1H3. The minimum atomic E-state index is -4.95. The van der Waals surface area contributed by atoms with Crippen LogP contribution >= 0.6 is 0 Å². The molecule has 1 N–H and O–H groups in total. The maximum absolute atomic E-state index is 12.8. The number of nitrogens with one attached hydrogen (secondary N) is 1. The largest absolute Gasteiger partial charge is 0.416 e. The molecule has 0 spiro atoms. The second-order valence-corrected chi connectivity index (χ2v) is 5.49. The smallest absolute Gasteiger partial charge is 0.306 e. The second-order valence-electron chi connectivity index (χ2n) is 5.49. The fourth-order valence-electron chi connectivity index (χ4n) is 2.30. The molecule has 0 saturated carbocycles. The Balaban J connectivity index is 2.46. The number of alkyl halides is 3. The van der Waals surface area contributed by atoms with E-state index in [4.69, 9.17) is 0 Å². The van der Waals surface area contributed by atoms with Crippen molar-refractivity contribution in [3.05, 3.63) is 37.9 Å². The predicted octanol–water partition coefficient (Wildman–Crippen LogP) is 3.02. The lowest BCUT2D eigenvalue weighted by Gasteiger charge is -2.22. The third-order valence-corrected chi connectivity index (χ3v) is 3.71. The summed E-state index contributed by atoms with van der Waals surface area (Å²) in [5, 5.41) is 26.1. The number of hydrogen-bond donors (Lipinski definition) is 1. The van der Waals surface area contributed by atoms with E-state index in [1.807, 2.05) is 11.9 Å². The highest BCUT2D eigenvalue weighted by atomic mass is 19.4. The highest BCUT2D eigenvalue weighted by molar-refractivity contribution is 5.87. The van der Waals surface area contributed by atoms with Crippen LogP contribution in [-0.2, 0) is 6.18 Å². The van der Waals surface area contributed by atoms with Crippen molar-refractivity contribution in [2.45, 2.75) is 19.0 Å². The Hall–Kier alpha value is -2.76. The molecule has 25 heavy (non-hydrogen) atoms. The van der Waals surface area contributed by atoms with Crippen molar-refractivity contribution in [2.24, 2.45) is 5.10 Å². The number of nitrogens with zero attached hydrogens (tertiary/aromatic N) is 4. The van der Waals surface area contributed by atoms with Crippen LogP contribution in [-0.4, -0.2) is 40.6 Å². The van der Waals surface area contributed by atoms with Crippen molar-refractivity contribution >= 4 is 22.8 Å². The molecule has 0 amide bonds. The predicted molar refractivity (Wildman–Crippen MR) is 82.5 cm³/mol. The molecular weight excluding hydrogens is 347 g/mol. The van der Waals surface area contributed by atoms with Gasteiger partial charge in [-0.3, -0.25) is 25.7 Å². The Kier molecular flexibility index (Phi) is 5.21. The van der Waals surface area contributed by atoms with Crippen molar-refractivity contribution in [1.29, 1.82) is 0 Å². The fraction of sp³-hybridized carbons (Fsp3) is 0.462. The third kappa shape index (κ3) is 4.41. The molecule has 1 aliphatic rings. The van der Waals surface area contributed by atoms with Crippen LogP contribution in [0.15, 0.2) is 17.2 Å². The Labute approximate surface area is 139 Å². The maximum Gasteiger partial charge on any atom is 0.416 e. The Bertz CT molecular complexity index is 690. The molecule has 9 nitrogen and oxygen atoms in total. The summed E-state index contributed by atoms with van der Waals surface area (Å²) in [6, 6.07) is 0.508. The van der Waals surface area contributed by atoms with E-state index in [1.165, 1.54) is 0 Å². The fourth-order valence-corrected chi connectivity index (χ4v) is 2.30. The van der Waals surface area contributed by atoms with Crippen molar-refractivity contribution in [3.63, 3.8) is 0 Å². The topological polar surface area (TPSA) is 114 Å². The summed E-state index contributed by atoms with van der Waals surface area (Å²) in [6.07, 6.45) is -3.86. The van der Waals surface area contributed by atoms with Crippen molar-refractivity contribution in [1.82, 2.24) is 4.90 Å². The number of anilines is 1. The van der Waals surface area contributed by atoms with E-state index in [2.05, 4.69) is 10.5 Å². The summed E-state index contributed by atoms with van der Waals surface area (Å²) in [5.41, 5.74) is -1.40. The number of benzene rings is 1. The number of hydrazone groups is 1. The van der Waals surface area contributed by atoms with Crippen molar-refractivity contribution < 1.29 is 23.0 Å². The van der Waals surface area contributed by atoms with Crippen molar-refractivity contribution in [3.8, 4) is 0 Å². The number of rotatable bonds is 4. The molecule has 0 radical (unpaired) electrons. The van der Waals surface area contributed by atoms with Gasteiger partial charge in [0.1, 0.15) is 0 Å². The molecule has 2 rings (SSSR count). The molecule has 1 aliphatic heterocycles. The molecule has 1 aromatic rings. The van der Waals surface area contributed by atoms with E-state index in [0.717, 1.165) is 0 Å². The highest BCUT2D eigenvalue weighted by Crippen LogP contribution is 2.41. The zero-order valence-electron chi connectivity index (χ0n) is 13.0. The molecule has 0 atom stereocenters. The summed E-state index contributed by atoms with van der Waals surface area (Å²) in [4.78, 5) is 22.0. The maximum atomic E-state index is 12.8. The van der Waals surface area contributed by atoms with Crippen LogP contribution in [0.4, 0.5) is 30.2 Å². The van der Waals surface area contributed by atoms with E-state index < -0.39 is 38.6 Å². The molecule has 1 heterocycles. The Morgan fingerprint density at radius 2 is 1.60 bits per heavy atom. The van der Waals surface area contributed by atoms with Gasteiger partial charge in [0, 0.05) is 43.8 Å². The van der Waals surface area contributed by atoms with Gasteiger partial charge in [0.15, 0.2) is 0 Å². The third-order valence-electron chi connectivity index (χ3n) is 3.71. The molecule has 0 aliphatic carbocycles. The lowest BCUT2D eigenvalue weighted by atomic mass is 10.1. The van der Waals surface area contributed by atoms with Gasteiger partial charge in [-0.1, -0.05) is 0 Å². The van der Waals surface area contributed by atoms with E-state index in [1.54, 1.807) is 0 Å². The Morgan fingerprint density at radius 1 is 1.12 bits per heavy atom. The molecule has 1 aromatic carbocycles. The van der Waals surface area contributed by atoms with Gasteiger partial charge in [0.2, 0.25) is 5.69 Å². The van der Waals surface area contributed by atoms with E-state index >= 15 is 0 Å². The average Bonchev–Trinajstić information content (AvgIpc) is 2.52. The molecule has 1 saturated heterocycles. The molecule has 1 fully saturated rings. The van der Waals surface area contributed by atoms with E-state index in [-0.39, 0.29) is 12.1 Å². The minimum Gasteiger partial charge on any atom is -0.306 e. The first-order valence-electron chi connectivity index (χ1n) is 7.13. The Morgan fingerprint density at radius 3 is 2.00 bits per heavy atom. The normalized spacial score (nSPS) is 15.8. The summed E-state index contributed by atoms with van der Waals surface area (Å²) in [7, 11) is 1.90. The van der Waals surface area contributed by atoms with Gasteiger partial charge in [-0.25, -0.2) is 0 Å². The van der Waals surface area contributed by atoms with E-state index in [0.29, 0.717) is 31.6 Å². The van der Waals surface area contributed by atoms with Gasteiger partial charge in [-0.15, -0.1) is 0 Å². The summed E-state index contributed by atoms with van der Waals surface area (Å²) in [6.45, 7) is 1.38. The first kappa shape index (κ1) is 18.6. The summed E-state index contributed by atoms with van der Waals surface area (Å²) >= 11 is 0. The van der Waals surface area contributed by atoms with Crippen LogP contribution in [0.5, 0.6) is 0 Å². The summed E-state index contributed by atoms with van der Waals surface area (Å²) < 4.78 is 38.5. The van der Waals surface area contributed by atoms with Crippen LogP contribution < -0.4 is 5.43 Å². The zero-order valence-corrected chi connectivity index (χ0v) is 13.0. The van der Waals surface area contributed by atoms with Crippen LogP contribution in [0, 0.1) is 20.2 Å². The lowest BCUT2D eigenvalue weighted by molar-refractivity contribution is -0.392. The number of nitro benzene ring substituents is 2. The number of halogens is 3. The van der Waals surface area contributed by atoms with Gasteiger partial charge in [-0.2, -0.15) is 18.3 Å². The van der Waals surface area contributed by atoms with Gasteiger partial charge in [0.05, 0.1) is 15.4 Å². The quantitative estimate of drug-likeness (QED) is 0.651. The molecule has 136 valence electrons. The van der Waals surface area contributed by atoms with Gasteiger partial charge < -0.3 is 4.90 Å². The van der Waals surface area contributed by atoms with Crippen LogP contribution in [0.25, 0.3) is 0 Å². The number of nitro groups is 2. The highest BCUT2D eigenvalue weighted by Gasteiger charge is 2.37. The monoisotopic (exact) mass is 361 g/mol. The number of hydrogen-bond acceptors (Lipinski definition) is 7. The molecule has 0 bridgehead atoms. The van der Waals surface area contributed by atoms with Crippen molar-refractivity contribution in [2.75, 3.05) is 25.6 Å². The molecule has 0 unspecified atom stereocenters. The first-order valence-corrected chi connectivity index (χ1v) is 7.13. The zero-order chi connectivity index (χ0) is 18.8. The average molecular weight is 361 g/mol. The van der Waals surface area contributed by atoms with Crippen LogP contribution in [0.1, 0.15) is 18.4 Å². The van der Waals surface area contributed by atoms with Crippen LogP contribution in [0.3, 0.4) is 0 Å². The van der Waals surface area contributed by atoms with Gasteiger partial charge in [-0.05, 0) is 7.05 Å².